The van der Waals surface area contributed by atoms with Crippen molar-refractivity contribution in [1.29, 1.82) is 0 Å². The van der Waals surface area contributed by atoms with Crippen LogP contribution < -0.4 is 5.32 Å². The number of hydrogen-bond donors (Lipinski definition) is 1. The van der Waals surface area contributed by atoms with Gasteiger partial charge >= 0.3 is 6.09 Å². The molecule has 17 heavy (non-hydrogen) atoms. The molecule has 0 saturated heterocycles. The van der Waals surface area contributed by atoms with Gasteiger partial charge in [0.25, 0.3) is 0 Å². The molecule has 3 nitrogen and oxygen atoms in total. The van der Waals surface area contributed by atoms with Gasteiger partial charge in [0.05, 0.1) is 5.69 Å². The summed E-state index contributed by atoms with van der Waals surface area (Å²) in [4.78, 5) is 12.6. The van der Waals surface area contributed by atoms with Gasteiger partial charge in [-0.3, -0.25) is 5.32 Å². The normalized spacial score (nSPS) is 11.1. The highest BCUT2D eigenvalue weighted by Crippen LogP contribution is 2.28. The third kappa shape index (κ3) is 4.88. The van der Waals surface area contributed by atoms with Crippen LogP contribution in [-0.2, 0) is 4.74 Å². The van der Waals surface area contributed by atoms with E-state index in [9.17, 15) is 4.79 Å². The predicted octanol–water partition coefficient (Wildman–Crippen LogP) is 4.41. The zero-order chi connectivity index (χ0) is 13.1. The van der Waals surface area contributed by atoms with Crippen molar-refractivity contribution in [3.63, 3.8) is 0 Å². The number of carbonyl (C=O) groups is 1. The molecule has 0 spiro atoms. The van der Waals surface area contributed by atoms with E-state index in [1.165, 1.54) is 11.8 Å². The van der Waals surface area contributed by atoms with Gasteiger partial charge in [-0.2, -0.15) is 0 Å². The maximum Gasteiger partial charge on any atom is 0.412 e. The summed E-state index contributed by atoms with van der Waals surface area (Å²) in [5.74, 6) is 0. The standard InChI is InChI=1S/C12H16ClNO2S/c1-12(2,3)16-11(15)14-9-7-8(13)5-6-10(9)17-4/h5-7H,1-4H3,(H,14,15). The first kappa shape index (κ1) is 14.2. The highest BCUT2D eigenvalue weighted by molar-refractivity contribution is 7.98. The number of hydrogen-bond acceptors (Lipinski definition) is 3. The van der Waals surface area contributed by atoms with Gasteiger partial charge in [0.2, 0.25) is 0 Å². The summed E-state index contributed by atoms with van der Waals surface area (Å²) >= 11 is 7.42. The van der Waals surface area contributed by atoms with Crippen molar-refractivity contribution in [2.45, 2.75) is 31.3 Å². The Labute approximate surface area is 111 Å². The van der Waals surface area contributed by atoms with Crippen LogP contribution in [0.25, 0.3) is 0 Å². The van der Waals surface area contributed by atoms with Crippen molar-refractivity contribution in [2.75, 3.05) is 11.6 Å². The maximum absolute atomic E-state index is 11.6. The Morgan fingerprint density at radius 1 is 1.41 bits per heavy atom. The van der Waals surface area contributed by atoms with Crippen LogP contribution in [0.5, 0.6) is 0 Å². The first-order chi connectivity index (χ1) is 7.81. The summed E-state index contributed by atoms with van der Waals surface area (Å²) in [6, 6.07) is 5.35. The topological polar surface area (TPSA) is 38.3 Å². The summed E-state index contributed by atoms with van der Waals surface area (Å²) in [5.41, 5.74) is 0.154. The fraction of sp³-hybridized carbons (Fsp3) is 0.417. The minimum atomic E-state index is -0.512. The third-order valence-corrected chi connectivity index (χ3v) is 2.83. The van der Waals surface area contributed by atoms with Crippen molar-refractivity contribution in [3.8, 4) is 0 Å². The Hall–Kier alpha value is -0.870. The Bertz CT molecular complexity index is 415. The molecule has 0 bridgehead atoms. The number of thioether (sulfide) groups is 1. The molecule has 0 radical (unpaired) electrons. The molecular weight excluding hydrogens is 258 g/mol. The first-order valence-electron chi connectivity index (χ1n) is 5.15. The largest absolute Gasteiger partial charge is 0.444 e. The van der Waals surface area contributed by atoms with Crippen LogP contribution in [0.15, 0.2) is 23.1 Å². The Balaban J connectivity index is 2.80. The van der Waals surface area contributed by atoms with Crippen LogP contribution >= 0.6 is 23.4 Å². The molecule has 1 rings (SSSR count). The maximum atomic E-state index is 11.6. The van der Waals surface area contributed by atoms with E-state index in [2.05, 4.69) is 5.32 Å². The van der Waals surface area contributed by atoms with Gasteiger partial charge in [-0.25, -0.2) is 4.79 Å². The predicted molar refractivity (Wildman–Crippen MR) is 73.1 cm³/mol. The number of anilines is 1. The molecule has 0 atom stereocenters. The van der Waals surface area contributed by atoms with E-state index in [0.717, 1.165) is 4.90 Å². The molecule has 1 aromatic rings. The summed E-state index contributed by atoms with van der Waals surface area (Å²) in [5, 5.41) is 3.27. The Morgan fingerprint density at radius 2 is 2.06 bits per heavy atom. The minimum absolute atomic E-state index is 0.477. The van der Waals surface area contributed by atoms with E-state index in [4.69, 9.17) is 16.3 Å². The average Bonchev–Trinajstić information content (AvgIpc) is 2.14. The minimum Gasteiger partial charge on any atom is -0.444 e. The van der Waals surface area contributed by atoms with Crippen LogP contribution in [0, 0.1) is 0 Å². The highest BCUT2D eigenvalue weighted by Gasteiger charge is 2.17. The lowest BCUT2D eigenvalue weighted by Crippen LogP contribution is -2.27. The van der Waals surface area contributed by atoms with E-state index in [-0.39, 0.29) is 0 Å². The molecule has 0 heterocycles. The van der Waals surface area contributed by atoms with Crippen LogP contribution in [0.4, 0.5) is 10.5 Å². The van der Waals surface area contributed by atoms with Crippen molar-refractivity contribution in [1.82, 2.24) is 0 Å². The smallest absolute Gasteiger partial charge is 0.412 e. The van der Waals surface area contributed by atoms with Gasteiger partial charge in [-0.05, 0) is 45.2 Å². The van der Waals surface area contributed by atoms with Crippen LogP contribution in [-0.4, -0.2) is 18.0 Å². The van der Waals surface area contributed by atoms with Crippen molar-refractivity contribution in [2.24, 2.45) is 0 Å². The molecular formula is C12H16ClNO2S. The lowest BCUT2D eigenvalue weighted by molar-refractivity contribution is 0.0635. The zero-order valence-electron chi connectivity index (χ0n) is 10.3. The average molecular weight is 274 g/mol. The fourth-order valence-corrected chi connectivity index (χ4v) is 1.90. The van der Waals surface area contributed by atoms with Gasteiger partial charge in [-0.1, -0.05) is 11.6 Å². The number of ether oxygens (including phenoxy) is 1. The molecule has 0 unspecified atom stereocenters. The lowest BCUT2D eigenvalue weighted by Gasteiger charge is -2.20. The molecule has 0 aromatic heterocycles. The highest BCUT2D eigenvalue weighted by atomic mass is 35.5. The van der Waals surface area contributed by atoms with Crippen molar-refractivity contribution < 1.29 is 9.53 Å². The second-order valence-corrected chi connectivity index (χ2v) is 5.76. The zero-order valence-corrected chi connectivity index (χ0v) is 11.9. The molecule has 0 aliphatic carbocycles. The third-order valence-electron chi connectivity index (χ3n) is 1.80. The van der Waals surface area contributed by atoms with E-state index < -0.39 is 11.7 Å². The van der Waals surface area contributed by atoms with Crippen molar-refractivity contribution >= 4 is 35.1 Å². The molecule has 0 saturated carbocycles. The van der Waals surface area contributed by atoms with E-state index in [1.54, 1.807) is 12.1 Å². The second kappa shape index (κ2) is 5.65. The van der Waals surface area contributed by atoms with Crippen LogP contribution in [0.3, 0.4) is 0 Å². The van der Waals surface area contributed by atoms with Crippen LogP contribution in [0.1, 0.15) is 20.8 Å². The summed E-state index contributed by atoms with van der Waals surface area (Å²) in [6.07, 6.45) is 1.46. The van der Waals surface area contributed by atoms with Gasteiger partial charge in [-0.15, -0.1) is 11.8 Å². The number of halogens is 1. The Morgan fingerprint density at radius 3 is 2.59 bits per heavy atom. The molecule has 5 heteroatoms. The lowest BCUT2D eigenvalue weighted by atomic mass is 10.2. The molecule has 0 aliphatic heterocycles. The van der Waals surface area contributed by atoms with Crippen LogP contribution in [0.2, 0.25) is 5.02 Å². The summed E-state index contributed by atoms with van der Waals surface area (Å²) in [7, 11) is 0. The van der Waals surface area contributed by atoms with E-state index in [0.29, 0.717) is 10.7 Å². The van der Waals surface area contributed by atoms with E-state index in [1.807, 2.05) is 33.1 Å². The van der Waals surface area contributed by atoms with Gasteiger partial charge in [0, 0.05) is 9.92 Å². The first-order valence-corrected chi connectivity index (χ1v) is 6.75. The van der Waals surface area contributed by atoms with Gasteiger partial charge in [0.15, 0.2) is 0 Å². The monoisotopic (exact) mass is 273 g/mol. The van der Waals surface area contributed by atoms with Gasteiger partial charge < -0.3 is 4.74 Å². The quantitative estimate of drug-likeness (QED) is 0.811. The Kier molecular flexibility index (Phi) is 4.71. The number of benzene rings is 1. The summed E-state index contributed by atoms with van der Waals surface area (Å²) < 4.78 is 5.18. The molecule has 0 fully saturated rings. The molecule has 1 amide bonds. The SMILES string of the molecule is CSc1ccc(Cl)cc1NC(=O)OC(C)(C)C. The molecule has 1 N–H and O–H groups in total. The van der Waals surface area contributed by atoms with E-state index >= 15 is 0 Å². The molecule has 94 valence electrons. The number of rotatable bonds is 2. The van der Waals surface area contributed by atoms with Crippen molar-refractivity contribution in [3.05, 3.63) is 23.2 Å². The summed E-state index contributed by atoms with van der Waals surface area (Å²) in [6.45, 7) is 5.46. The van der Waals surface area contributed by atoms with Gasteiger partial charge in [0.1, 0.15) is 5.60 Å². The number of amides is 1. The fourth-order valence-electron chi connectivity index (χ4n) is 1.19. The molecule has 1 aromatic carbocycles. The number of nitrogens with one attached hydrogen (secondary N) is 1. The molecule has 0 aliphatic rings. The second-order valence-electron chi connectivity index (χ2n) is 4.47. The number of carbonyl (C=O) groups excluding carboxylic acids is 1.